The Morgan fingerprint density at radius 2 is 2.10 bits per heavy atom. The second kappa shape index (κ2) is 5.90. The zero-order valence-corrected chi connectivity index (χ0v) is 12.3. The molecule has 0 amide bonds. The van der Waals surface area contributed by atoms with Gasteiger partial charge in [0.1, 0.15) is 17.7 Å². The van der Waals surface area contributed by atoms with Gasteiger partial charge in [-0.2, -0.15) is 5.10 Å². The Kier molecular flexibility index (Phi) is 4.21. The van der Waals surface area contributed by atoms with Gasteiger partial charge in [-0.1, -0.05) is 6.92 Å². The summed E-state index contributed by atoms with van der Waals surface area (Å²) in [6.07, 6.45) is 2.34. The summed E-state index contributed by atoms with van der Waals surface area (Å²) in [6.45, 7) is 6.35. The predicted octanol–water partition coefficient (Wildman–Crippen LogP) is 1.21. The Hall–Kier alpha value is -2.44. The first kappa shape index (κ1) is 15.0. The largest absolute Gasteiger partial charge is 0.477 e. The van der Waals surface area contributed by atoms with E-state index in [2.05, 4.69) is 10.1 Å². The maximum atomic E-state index is 12.4. The summed E-state index contributed by atoms with van der Waals surface area (Å²) in [5.74, 6) is -0.566. The Labute approximate surface area is 121 Å². The number of carboxylic acids is 1. The summed E-state index contributed by atoms with van der Waals surface area (Å²) in [6, 6.07) is 1.70. The average Bonchev–Trinajstić information content (AvgIpc) is 2.81. The van der Waals surface area contributed by atoms with Crippen LogP contribution in [0.25, 0.3) is 0 Å². The molecule has 0 unspecified atom stereocenters. The van der Waals surface area contributed by atoms with Gasteiger partial charge in [-0.05, 0) is 31.9 Å². The molecule has 0 spiro atoms. The van der Waals surface area contributed by atoms with E-state index in [1.165, 1.54) is 10.9 Å². The molecular weight excluding hydrogens is 272 g/mol. The molecule has 0 saturated heterocycles. The number of rotatable bonds is 5. The highest BCUT2D eigenvalue weighted by Crippen LogP contribution is 2.08. The minimum Gasteiger partial charge on any atom is -0.477 e. The molecule has 7 nitrogen and oxygen atoms in total. The van der Waals surface area contributed by atoms with Gasteiger partial charge in [-0.25, -0.2) is 14.5 Å². The zero-order valence-electron chi connectivity index (χ0n) is 12.3. The second-order valence-electron chi connectivity index (χ2n) is 4.94. The molecule has 0 aliphatic carbocycles. The number of aryl methyl sites for hydroxylation is 3. The molecule has 0 saturated carbocycles. The molecular formula is C14H18N4O3. The highest BCUT2D eigenvalue weighted by molar-refractivity contribution is 5.88. The Bertz CT molecular complexity index is 730. The van der Waals surface area contributed by atoms with Crippen LogP contribution in [0.15, 0.2) is 17.2 Å². The molecule has 0 aromatic carbocycles. The third-order valence-electron chi connectivity index (χ3n) is 3.35. The number of carbonyl (C=O) groups is 1. The molecule has 2 aromatic heterocycles. The number of nitrogens with zero attached hydrogens (tertiary/aromatic N) is 4. The summed E-state index contributed by atoms with van der Waals surface area (Å²) in [5, 5.41) is 13.3. The number of aromatic carboxylic acids is 1. The van der Waals surface area contributed by atoms with Crippen molar-refractivity contribution in [3.05, 3.63) is 45.4 Å². The first-order chi connectivity index (χ1) is 9.95. The van der Waals surface area contributed by atoms with Crippen LogP contribution >= 0.6 is 0 Å². The molecule has 2 rings (SSSR count). The SMILES string of the molecule is CCCn1ncnc1Cn1c(C)cc(C)c(C(=O)O)c1=O. The predicted molar refractivity (Wildman–Crippen MR) is 76.6 cm³/mol. The van der Waals surface area contributed by atoms with Crippen LogP contribution in [0.2, 0.25) is 0 Å². The van der Waals surface area contributed by atoms with Crippen molar-refractivity contribution in [2.45, 2.75) is 40.3 Å². The lowest BCUT2D eigenvalue weighted by molar-refractivity contribution is 0.0693. The quantitative estimate of drug-likeness (QED) is 0.894. The van der Waals surface area contributed by atoms with Crippen LogP contribution < -0.4 is 5.56 Å². The third-order valence-corrected chi connectivity index (χ3v) is 3.35. The van der Waals surface area contributed by atoms with Gasteiger partial charge in [0.2, 0.25) is 0 Å². The summed E-state index contributed by atoms with van der Waals surface area (Å²) in [5.41, 5.74) is 0.470. The first-order valence-corrected chi connectivity index (χ1v) is 6.76. The smallest absolute Gasteiger partial charge is 0.341 e. The third kappa shape index (κ3) is 2.86. The van der Waals surface area contributed by atoms with E-state index >= 15 is 0 Å². The van der Waals surface area contributed by atoms with Crippen LogP contribution in [0.5, 0.6) is 0 Å². The summed E-state index contributed by atoms with van der Waals surface area (Å²) in [4.78, 5) is 27.8. The fraction of sp³-hybridized carbons (Fsp3) is 0.429. The Morgan fingerprint density at radius 3 is 2.71 bits per heavy atom. The normalized spacial score (nSPS) is 10.8. The van der Waals surface area contributed by atoms with Crippen molar-refractivity contribution in [2.75, 3.05) is 0 Å². The lowest BCUT2D eigenvalue weighted by Gasteiger charge is -2.13. The maximum Gasteiger partial charge on any atom is 0.341 e. The molecule has 0 aliphatic heterocycles. The van der Waals surface area contributed by atoms with Gasteiger partial charge in [0.05, 0.1) is 6.54 Å². The van der Waals surface area contributed by atoms with Gasteiger partial charge in [-0.15, -0.1) is 0 Å². The number of hydrogen-bond donors (Lipinski definition) is 1. The van der Waals surface area contributed by atoms with Crippen LogP contribution in [0.4, 0.5) is 0 Å². The molecule has 112 valence electrons. The Balaban J connectivity index is 2.49. The van der Waals surface area contributed by atoms with E-state index in [4.69, 9.17) is 0 Å². The molecule has 0 radical (unpaired) electrons. The molecule has 1 N–H and O–H groups in total. The van der Waals surface area contributed by atoms with E-state index < -0.39 is 11.5 Å². The highest BCUT2D eigenvalue weighted by atomic mass is 16.4. The monoisotopic (exact) mass is 290 g/mol. The lowest BCUT2D eigenvalue weighted by Crippen LogP contribution is -2.30. The lowest BCUT2D eigenvalue weighted by atomic mass is 10.1. The van der Waals surface area contributed by atoms with Gasteiger partial charge in [-0.3, -0.25) is 4.79 Å². The minimum atomic E-state index is -1.21. The van der Waals surface area contributed by atoms with Gasteiger partial charge >= 0.3 is 5.97 Å². The van der Waals surface area contributed by atoms with Crippen molar-refractivity contribution in [3.8, 4) is 0 Å². The molecule has 0 fully saturated rings. The summed E-state index contributed by atoms with van der Waals surface area (Å²) < 4.78 is 3.15. The van der Waals surface area contributed by atoms with E-state index in [0.717, 1.165) is 6.42 Å². The average molecular weight is 290 g/mol. The van der Waals surface area contributed by atoms with E-state index in [9.17, 15) is 14.7 Å². The van der Waals surface area contributed by atoms with Gasteiger partial charge in [0.25, 0.3) is 5.56 Å². The van der Waals surface area contributed by atoms with E-state index in [1.807, 2.05) is 6.92 Å². The molecule has 0 aliphatic rings. The van der Waals surface area contributed by atoms with Crippen molar-refractivity contribution < 1.29 is 9.90 Å². The van der Waals surface area contributed by atoms with E-state index in [0.29, 0.717) is 23.6 Å². The van der Waals surface area contributed by atoms with Crippen LogP contribution in [0.1, 0.15) is 40.8 Å². The van der Waals surface area contributed by atoms with Crippen molar-refractivity contribution in [1.82, 2.24) is 19.3 Å². The molecule has 0 atom stereocenters. The van der Waals surface area contributed by atoms with E-state index in [1.54, 1.807) is 24.6 Å². The fourth-order valence-corrected chi connectivity index (χ4v) is 2.33. The number of hydrogen-bond acceptors (Lipinski definition) is 4. The molecule has 21 heavy (non-hydrogen) atoms. The number of carboxylic acid groups (broad SMARTS) is 1. The van der Waals surface area contributed by atoms with Crippen molar-refractivity contribution in [3.63, 3.8) is 0 Å². The van der Waals surface area contributed by atoms with Crippen molar-refractivity contribution in [1.29, 1.82) is 0 Å². The van der Waals surface area contributed by atoms with Crippen LogP contribution in [-0.2, 0) is 13.1 Å². The fourth-order valence-electron chi connectivity index (χ4n) is 2.33. The maximum absolute atomic E-state index is 12.4. The van der Waals surface area contributed by atoms with Crippen LogP contribution in [0, 0.1) is 13.8 Å². The minimum absolute atomic E-state index is 0.192. The molecule has 2 heterocycles. The second-order valence-corrected chi connectivity index (χ2v) is 4.94. The first-order valence-electron chi connectivity index (χ1n) is 6.76. The number of pyridine rings is 1. The summed E-state index contributed by atoms with van der Waals surface area (Å²) in [7, 11) is 0. The standard InChI is InChI=1S/C14H18N4O3/c1-4-5-18-11(15-8-16-18)7-17-10(3)6-9(2)12(13(17)19)14(20)21/h6,8H,4-5,7H2,1-3H3,(H,20,21). The topological polar surface area (TPSA) is 90.0 Å². The molecule has 2 aromatic rings. The zero-order chi connectivity index (χ0) is 15.6. The van der Waals surface area contributed by atoms with Crippen molar-refractivity contribution >= 4 is 5.97 Å². The van der Waals surface area contributed by atoms with Gasteiger partial charge in [0, 0.05) is 12.2 Å². The van der Waals surface area contributed by atoms with Gasteiger partial charge in [0.15, 0.2) is 0 Å². The molecule has 0 bridgehead atoms. The van der Waals surface area contributed by atoms with Gasteiger partial charge < -0.3 is 9.67 Å². The van der Waals surface area contributed by atoms with Crippen LogP contribution in [0.3, 0.4) is 0 Å². The van der Waals surface area contributed by atoms with Crippen LogP contribution in [-0.4, -0.2) is 30.4 Å². The van der Waals surface area contributed by atoms with E-state index in [-0.39, 0.29) is 12.1 Å². The highest BCUT2D eigenvalue weighted by Gasteiger charge is 2.17. The number of aromatic nitrogens is 4. The summed E-state index contributed by atoms with van der Waals surface area (Å²) >= 11 is 0. The van der Waals surface area contributed by atoms with Crippen molar-refractivity contribution in [2.24, 2.45) is 0 Å². The Morgan fingerprint density at radius 1 is 1.38 bits per heavy atom. The molecule has 7 heteroatoms.